The van der Waals surface area contributed by atoms with Gasteiger partial charge in [0.25, 0.3) is 0 Å². The van der Waals surface area contributed by atoms with E-state index >= 15 is 0 Å². The van der Waals surface area contributed by atoms with Crippen molar-refractivity contribution in [1.29, 1.82) is 0 Å². The number of rotatable bonds is 6. The molecule has 2 aliphatic carbocycles. The molecule has 0 aromatic heterocycles. The number of fused-ring (bicyclic) bond motifs is 2. The first-order chi connectivity index (χ1) is 11.4. The zero-order chi connectivity index (χ0) is 17.4. The van der Waals surface area contributed by atoms with Gasteiger partial charge in [-0.3, -0.25) is 4.79 Å². The molecule has 2 fully saturated rings. The summed E-state index contributed by atoms with van der Waals surface area (Å²) in [4.78, 5) is 10.9. The third-order valence-corrected chi connectivity index (χ3v) is 7.34. The van der Waals surface area contributed by atoms with Crippen LogP contribution < -0.4 is 0 Å². The Kier molecular flexibility index (Phi) is 4.67. The molecular formula is C19H24O4S. The van der Waals surface area contributed by atoms with E-state index in [9.17, 15) is 14.1 Å². The van der Waals surface area contributed by atoms with E-state index in [1.807, 2.05) is 30.3 Å². The Morgan fingerprint density at radius 3 is 2.62 bits per heavy atom. The minimum absolute atomic E-state index is 0.0489. The van der Waals surface area contributed by atoms with Crippen LogP contribution in [0.5, 0.6) is 0 Å². The van der Waals surface area contributed by atoms with Crippen LogP contribution in [0, 0.1) is 16.7 Å². The molecule has 2 aliphatic rings. The molecule has 0 heterocycles. The van der Waals surface area contributed by atoms with E-state index in [0.29, 0.717) is 29.3 Å². The van der Waals surface area contributed by atoms with Crippen molar-refractivity contribution in [2.75, 3.05) is 5.75 Å². The summed E-state index contributed by atoms with van der Waals surface area (Å²) in [6.07, 6.45) is 4.21. The quantitative estimate of drug-likeness (QED) is 0.487. The van der Waals surface area contributed by atoms with E-state index in [4.69, 9.17) is 4.18 Å². The van der Waals surface area contributed by atoms with Gasteiger partial charge in [-0.05, 0) is 30.6 Å². The molecule has 0 saturated heterocycles. The standard InChI is InChI=1S/C19H24O4S/c1-18(2)15-8-10-19(18,17(21)12-15)13-24(22)23-16(9-11-20)14-6-4-3-5-7-14/h3-7,9,11,15,17,21H,8,10,12-13H2,1-2H3/b16-9-/t15-,17-,19-,24?/m1/s1. The van der Waals surface area contributed by atoms with Crippen molar-refractivity contribution in [2.45, 2.75) is 39.2 Å². The predicted octanol–water partition coefficient (Wildman–Crippen LogP) is 3.09. The summed E-state index contributed by atoms with van der Waals surface area (Å²) >= 11 is -1.61. The molecule has 5 heteroatoms. The van der Waals surface area contributed by atoms with Gasteiger partial charge < -0.3 is 9.29 Å². The Bertz CT molecular complexity index is 667. The van der Waals surface area contributed by atoms with Crippen molar-refractivity contribution in [3.05, 3.63) is 42.0 Å². The summed E-state index contributed by atoms with van der Waals surface area (Å²) in [5, 5.41) is 10.5. The highest BCUT2D eigenvalue weighted by Crippen LogP contribution is 2.65. The summed E-state index contributed by atoms with van der Waals surface area (Å²) in [5.41, 5.74) is 0.295. The van der Waals surface area contributed by atoms with Gasteiger partial charge in [0, 0.05) is 17.1 Å². The minimum atomic E-state index is -1.61. The maximum absolute atomic E-state index is 12.7. The van der Waals surface area contributed by atoms with Gasteiger partial charge in [0.05, 0.1) is 11.9 Å². The first-order valence-electron chi connectivity index (χ1n) is 8.36. The molecule has 0 radical (unpaired) electrons. The number of carbonyl (C=O) groups is 1. The normalized spacial score (nSPS) is 32.5. The molecule has 1 aromatic rings. The zero-order valence-corrected chi connectivity index (χ0v) is 14.9. The van der Waals surface area contributed by atoms with Crippen molar-refractivity contribution >= 4 is 23.1 Å². The molecule has 1 aromatic carbocycles. The summed E-state index contributed by atoms with van der Waals surface area (Å²) < 4.78 is 18.3. The molecule has 1 N–H and O–H groups in total. The Morgan fingerprint density at radius 1 is 1.38 bits per heavy atom. The van der Waals surface area contributed by atoms with Crippen molar-refractivity contribution < 1.29 is 18.3 Å². The van der Waals surface area contributed by atoms with E-state index in [-0.39, 0.29) is 10.8 Å². The predicted molar refractivity (Wildman–Crippen MR) is 94.1 cm³/mol. The number of hydrogen-bond acceptors (Lipinski definition) is 4. The number of carbonyl (C=O) groups excluding carboxylic acids is 1. The molecule has 0 spiro atoms. The van der Waals surface area contributed by atoms with E-state index in [1.54, 1.807) is 0 Å². The van der Waals surface area contributed by atoms with Crippen LogP contribution in [0.1, 0.15) is 38.7 Å². The molecule has 2 saturated carbocycles. The van der Waals surface area contributed by atoms with Crippen molar-refractivity contribution in [3.8, 4) is 0 Å². The largest absolute Gasteiger partial charge is 0.400 e. The van der Waals surface area contributed by atoms with Crippen LogP contribution in [-0.2, 0) is 20.1 Å². The zero-order valence-electron chi connectivity index (χ0n) is 14.1. The summed E-state index contributed by atoms with van der Waals surface area (Å²) in [7, 11) is 0. The van der Waals surface area contributed by atoms with Crippen LogP contribution in [0.4, 0.5) is 0 Å². The van der Waals surface area contributed by atoms with Crippen LogP contribution in [0.25, 0.3) is 5.76 Å². The van der Waals surface area contributed by atoms with Crippen LogP contribution in [0.2, 0.25) is 0 Å². The summed E-state index contributed by atoms with van der Waals surface area (Å²) in [5.74, 6) is 1.07. The highest BCUT2D eigenvalue weighted by Gasteiger charge is 2.64. The number of aliphatic hydroxyl groups excluding tert-OH is 1. The third-order valence-electron chi connectivity index (χ3n) is 6.22. The molecular weight excluding hydrogens is 324 g/mol. The highest BCUT2D eigenvalue weighted by atomic mass is 32.2. The molecule has 0 amide bonds. The number of benzene rings is 1. The van der Waals surface area contributed by atoms with Crippen LogP contribution in [-0.4, -0.2) is 27.5 Å². The van der Waals surface area contributed by atoms with Gasteiger partial charge in [-0.15, -0.1) is 0 Å². The fourth-order valence-electron chi connectivity index (χ4n) is 4.56. The maximum Gasteiger partial charge on any atom is 0.207 e. The average molecular weight is 348 g/mol. The molecule has 2 bridgehead atoms. The van der Waals surface area contributed by atoms with E-state index in [1.165, 1.54) is 6.08 Å². The first kappa shape index (κ1) is 17.4. The number of allylic oxidation sites excluding steroid dienone is 1. The lowest BCUT2D eigenvalue weighted by Gasteiger charge is -2.39. The smallest absolute Gasteiger partial charge is 0.207 e. The third kappa shape index (κ3) is 2.74. The van der Waals surface area contributed by atoms with Gasteiger partial charge in [0.1, 0.15) is 6.29 Å². The molecule has 3 rings (SSSR count). The lowest BCUT2D eigenvalue weighted by molar-refractivity contribution is -0.104. The number of aldehydes is 1. The number of hydrogen-bond donors (Lipinski definition) is 1. The second-order valence-corrected chi connectivity index (χ2v) is 8.49. The van der Waals surface area contributed by atoms with Crippen molar-refractivity contribution in [3.63, 3.8) is 0 Å². The van der Waals surface area contributed by atoms with Crippen LogP contribution in [0.3, 0.4) is 0 Å². The number of aliphatic hydroxyl groups is 1. The van der Waals surface area contributed by atoms with Gasteiger partial charge >= 0.3 is 0 Å². The van der Waals surface area contributed by atoms with Crippen LogP contribution in [0.15, 0.2) is 36.4 Å². The Hall–Kier alpha value is -1.46. The molecule has 0 aliphatic heterocycles. The molecule has 1 unspecified atom stereocenters. The highest BCUT2D eigenvalue weighted by molar-refractivity contribution is 7.80. The second kappa shape index (κ2) is 6.45. The van der Waals surface area contributed by atoms with E-state index < -0.39 is 17.2 Å². The van der Waals surface area contributed by atoms with Crippen LogP contribution >= 0.6 is 0 Å². The van der Waals surface area contributed by atoms with Gasteiger partial charge in [-0.1, -0.05) is 44.2 Å². The molecule has 4 atom stereocenters. The van der Waals surface area contributed by atoms with E-state index in [0.717, 1.165) is 19.3 Å². The van der Waals surface area contributed by atoms with E-state index in [2.05, 4.69) is 13.8 Å². The molecule has 4 nitrogen and oxygen atoms in total. The minimum Gasteiger partial charge on any atom is -0.400 e. The molecule has 24 heavy (non-hydrogen) atoms. The Morgan fingerprint density at radius 2 is 2.08 bits per heavy atom. The fourth-order valence-corrected chi connectivity index (χ4v) is 6.10. The lowest BCUT2D eigenvalue weighted by atomic mass is 9.70. The topological polar surface area (TPSA) is 63.6 Å². The van der Waals surface area contributed by atoms with Gasteiger partial charge in [0.2, 0.25) is 11.1 Å². The second-order valence-electron chi connectivity index (χ2n) is 7.43. The van der Waals surface area contributed by atoms with Crippen molar-refractivity contribution in [1.82, 2.24) is 0 Å². The molecule has 130 valence electrons. The van der Waals surface area contributed by atoms with Gasteiger partial charge in [0.15, 0.2) is 5.76 Å². The Balaban J connectivity index is 1.78. The van der Waals surface area contributed by atoms with Crippen molar-refractivity contribution in [2.24, 2.45) is 16.7 Å². The SMILES string of the molecule is CC1(C)[C@@H]2CC[C@@]1(CS(=O)O/C(=C\C=O)c1ccccc1)[C@H](O)C2. The Labute approximate surface area is 145 Å². The summed E-state index contributed by atoms with van der Waals surface area (Å²) in [6, 6.07) is 9.16. The first-order valence-corrected chi connectivity index (χ1v) is 9.61. The fraction of sp³-hybridized carbons (Fsp3) is 0.526. The van der Waals surface area contributed by atoms with Gasteiger partial charge in [-0.25, -0.2) is 4.21 Å². The van der Waals surface area contributed by atoms with Gasteiger partial charge in [-0.2, -0.15) is 0 Å². The monoisotopic (exact) mass is 348 g/mol. The lowest BCUT2D eigenvalue weighted by Crippen LogP contribution is -2.43. The maximum atomic E-state index is 12.7. The average Bonchev–Trinajstić information content (AvgIpc) is 2.89. The summed E-state index contributed by atoms with van der Waals surface area (Å²) in [6.45, 7) is 4.33.